The second-order valence-electron chi connectivity index (χ2n) is 12.5. The summed E-state index contributed by atoms with van der Waals surface area (Å²) < 4.78 is 5.42. The second kappa shape index (κ2) is 9.70. The van der Waals surface area contributed by atoms with Crippen molar-refractivity contribution < 1.29 is 0 Å². The third-order valence-corrected chi connectivity index (χ3v) is 15.0. The number of fused-ring (bicyclic) bond motifs is 12. The van der Waals surface area contributed by atoms with Crippen molar-refractivity contribution in [2.24, 2.45) is 0 Å². The molecule has 0 N–H and O–H groups in total. The van der Waals surface area contributed by atoms with Gasteiger partial charge in [0.15, 0.2) is 0 Å². The van der Waals surface area contributed by atoms with Crippen molar-refractivity contribution in [3.05, 3.63) is 140 Å². The van der Waals surface area contributed by atoms with Gasteiger partial charge in [-0.15, -0.1) is 22.7 Å². The zero-order valence-corrected chi connectivity index (χ0v) is 27.9. The number of hydrogen-bond donors (Lipinski definition) is 0. The molecule has 0 unspecified atom stereocenters. The Bertz CT molecular complexity index is 2680. The molecule has 0 fully saturated rings. The van der Waals surface area contributed by atoms with Gasteiger partial charge in [-0.2, -0.15) is 10.0 Å². The third-order valence-electron chi connectivity index (χ3n) is 9.72. The van der Waals surface area contributed by atoms with Crippen LogP contribution in [0.15, 0.2) is 149 Å². The second-order valence-corrected chi connectivity index (χ2v) is 18.1. The lowest BCUT2D eigenvalue weighted by Gasteiger charge is -2.31. The Balaban J connectivity index is 1.28. The van der Waals surface area contributed by atoms with Crippen LogP contribution in [0.1, 0.15) is 0 Å². The summed E-state index contributed by atoms with van der Waals surface area (Å²) in [5.41, 5.74) is 6.38. The maximum absolute atomic E-state index is 2.49. The number of anilines is 3. The highest BCUT2D eigenvalue weighted by Gasteiger charge is 2.32. The summed E-state index contributed by atoms with van der Waals surface area (Å²) in [4.78, 5) is 5.45. The Kier molecular flexibility index (Phi) is 5.61. The Hall–Kier alpha value is -4.61. The van der Waals surface area contributed by atoms with Gasteiger partial charge >= 0.3 is 0 Å². The molecule has 0 atom stereocenters. The van der Waals surface area contributed by atoms with Gasteiger partial charge in [0, 0.05) is 61.5 Å². The molecule has 4 heteroatoms. The maximum atomic E-state index is 2.49. The molecule has 2 aromatic heterocycles. The molecule has 1 nitrogen and oxygen atoms in total. The molecule has 0 aliphatic carbocycles. The van der Waals surface area contributed by atoms with Gasteiger partial charge in [-0.05, 0) is 82.9 Å². The first-order valence-electron chi connectivity index (χ1n) is 15.6. The monoisotopic (exact) mass is 643 g/mol. The SMILES string of the molecule is CS1(C)c2ccccc2-c2ccc(N(c3ccccc3)c3cccc4sc5ccc6c7ccc8ccccc8c7sc6c5c34)cc21. The van der Waals surface area contributed by atoms with Gasteiger partial charge < -0.3 is 4.90 Å². The quantitative estimate of drug-likeness (QED) is 0.185. The van der Waals surface area contributed by atoms with Crippen LogP contribution in [0.2, 0.25) is 0 Å². The van der Waals surface area contributed by atoms with Gasteiger partial charge in [-0.3, -0.25) is 0 Å². The molecule has 0 bridgehead atoms. The molecule has 1 aliphatic heterocycles. The van der Waals surface area contributed by atoms with Crippen LogP contribution in [0.25, 0.3) is 62.2 Å². The highest BCUT2D eigenvalue weighted by atomic mass is 32.3. The normalized spacial score (nSPS) is 14.3. The molecule has 0 saturated carbocycles. The number of rotatable bonds is 3. The van der Waals surface area contributed by atoms with E-state index in [0.717, 1.165) is 0 Å². The van der Waals surface area contributed by atoms with Gasteiger partial charge in [0.2, 0.25) is 0 Å². The summed E-state index contributed by atoms with van der Waals surface area (Å²) >= 11 is 3.86. The predicted octanol–water partition coefficient (Wildman–Crippen LogP) is 13.5. The van der Waals surface area contributed by atoms with E-state index in [2.05, 4.69) is 157 Å². The van der Waals surface area contributed by atoms with Crippen molar-refractivity contribution in [1.82, 2.24) is 0 Å². The molecule has 1 aliphatic rings. The molecule has 220 valence electrons. The van der Waals surface area contributed by atoms with E-state index in [1.165, 1.54) is 89.1 Å². The standard InChI is InChI=1S/C42H29NS3/c1-46(2)37-18-9-8-15-30(37)31-22-20-28(25-38(31)46)43(27-12-4-3-5-13-27)34-16-10-17-35-39(34)40-36(44-35)24-23-33-32-21-19-26-11-6-7-14-29(26)41(32)45-42(33)40/h3-25H,1-2H3. The topological polar surface area (TPSA) is 3.24 Å². The van der Waals surface area contributed by atoms with E-state index >= 15 is 0 Å². The van der Waals surface area contributed by atoms with E-state index in [1.807, 2.05) is 22.7 Å². The number of benzene rings is 7. The van der Waals surface area contributed by atoms with Crippen LogP contribution in [0.3, 0.4) is 0 Å². The van der Waals surface area contributed by atoms with E-state index in [1.54, 1.807) is 0 Å². The maximum Gasteiger partial charge on any atom is 0.0555 e. The summed E-state index contributed by atoms with van der Waals surface area (Å²) in [5, 5.41) is 8.04. The molecular weight excluding hydrogens is 615 g/mol. The van der Waals surface area contributed by atoms with E-state index < -0.39 is 10.0 Å². The molecule has 9 aromatic rings. The summed E-state index contributed by atoms with van der Waals surface area (Å²) in [5.74, 6) is 0. The third kappa shape index (κ3) is 3.63. The first-order chi connectivity index (χ1) is 22.6. The van der Waals surface area contributed by atoms with Crippen LogP contribution in [0.5, 0.6) is 0 Å². The number of para-hydroxylation sites is 1. The fourth-order valence-electron chi connectivity index (χ4n) is 7.58. The molecule has 10 rings (SSSR count). The summed E-state index contributed by atoms with van der Waals surface area (Å²) in [7, 11) is -1.14. The number of hydrogen-bond acceptors (Lipinski definition) is 3. The highest BCUT2D eigenvalue weighted by molar-refractivity contribution is 8.33. The van der Waals surface area contributed by atoms with Crippen LogP contribution in [0.4, 0.5) is 17.1 Å². The lowest BCUT2D eigenvalue weighted by molar-refractivity contribution is 1.28. The van der Waals surface area contributed by atoms with Gasteiger partial charge in [-0.1, -0.05) is 91.0 Å². The van der Waals surface area contributed by atoms with Gasteiger partial charge in [-0.25, -0.2) is 0 Å². The smallest absolute Gasteiger partial charge is 0.0555 e. The average molecular weight is 644 g/mol. The minimum absolute atomic E-state index is 1.14. The molecule has 0 radical (unpaired) electrons. The van der Waals surface area contributed by atoms with Crippen LogP contribution in [-0.4, -0.2) is 12.5 Å². The van der Waals surface area contributed by atoms with Crippen LogP contribution >= 0.6 is 32.7 Å². The Morgan fingerprint density at radius 2 is 1.22 bits per heavy atom. The van der Waals surface area contributed by atoms with Gasteiger partial charge in [0.1, 0.15) is 0 Å². The minimum Gasteiger partial charge on any atom is -0.310 e. The molecular formula is C42H29NS3. The minimum atomic E-state index is -1.14. The number of nitrogens with zero attached hydrogens (tertiary/aromatic N) is 1. The van der Waals surface area contributed by atoms with Gasteiger partial charge in [0.25, 0.3) is 0 Å². The lowest BCUT2D eigenvalue weighted by atomic mass is 10.0. The van der Waals surface area contributed by atoms with Crippen LogP contribution in [-0.2, 0) is 0 Å². The van der Waals surface area contributed by atoms with Crippen molar-refractivity contribution in [2.75, 3.05) is 17.4 Å². The van der Waals surface area contributed by atoms with Gasteiger partial charge in [0.05, 0.1) is 5.69 Å². The summed E-state index contributed by atoms with van der Waals surface area (Å²) in [6.45, 7) is 0. The van der Waals surface area contributed by atoms with Crippen LogP contribution < -0.4 is 4.90 Å². The Morgan fingerprint density at radius 3 is 2.13 bits per heavy atom. The summed E-state index contributed by atoms with van der Waals surface area (Å²) in [6.07, 6.45) is 4.90. The van der Waals surface area contributed by atoms with Crippen molar-refractivity contribution in [1.29, 1.82) is 0 Å². The Labute approximate surface area is 277 Å². The molecule has 0 saturated heterocycles. The fourth-order valence-corrected chi connectivity index (χ4v) is 12.7. The van der Waals surface area contributed by atoms with Crippen molar-refractivity contribution >= 4 is 101 Å². The van der Waals surface area contributed by atoms with E-state index in [-0.39, 0.29) is 0 Å². The molecule has 7 aromatic carbocycles. The van der Waals surface area contributed by atoms with Crippen molar-refractivity contribution in [2.45, 2.75) is 9.79 Å². The zero-order valence-electron chi connectivity index (χ0n) is 25.5. The first kappa shape index (κ1) is 26.6. The fraction of sp³-hybridized carbons (Fsp3) is 0.0476. The molecule has 0 amide bonds. The average Bonchev–Trinajstić information content (AvgIpc) is 3.74. The molecule has 46 heavy (non-hydrogen) atoms. The molecule has 3 heterocycles. The van der Waals surface area contributed by atoms with Crippen molar-refractivity contribution in [3.8, 4) is 11.1 Å². The van der Waals surface area contributed by atoms with E-state index in [9.17, 15) is 0 Å². The van der Waals surface area contributed by atoms with Crippen LogP contribution in [0, 0.1) is 0 Å². The van der Waals surface area contributed by atoms with Crippen molar-refractivity contribution in [3.63, 3.8) is 0 Å². The highest BCUT2D eigenvalue weighted by Crippen LogP contribution is 2.68. The molecule has 0 spiro atoms. The largest absolute Gasteiger partial charge is 0.310 e. The van der Waals surface area contributed by atoms with E-state index in [0.29, 0.717) is 0 Å². The summed E-state index contributed by atoms with van der Waals surface area (Å²) in [6, 6.07) is 52.0. The zero-order chi connectivity index (χ0) is 30.6. The Morgan fingerprint density at radius 1 is 0.478 bits per heavy atom. The number of thiophene rings is 2. The predicted molar refractivity (Wildman–Crippen MR) is 206 cm³/mol. The first-order valence-corrected chi connectivity index (χ1v) is 19.7. The lowest BCUT2D eigenvalue weighted by Crippen LogP contribution is -2.10. The van der Waals surface area contributed by atoms with E-state index in [4.69, 9.17) is 0 Å².